The average molecular weight is 144 g/mol. The Morgan fingerprint density at radius 3 is 2.40 bits per heavy atom. The van der Waals surface area contributed by atoms with Gasteiger partial charge in [-0.1, -0.05) is 13.3 Å². The van der Waals surface area contributed by atoms with Crippen LogP contribution < -0.4 is 0 Å². The van der Waals surface area contributed by atoms with E-state index in [1.807, 2.05) is 18.2 Å². The van der Waals surface area contributed by atoms with E-state index < -0.39 is 0 Å². The predicted molar refractivity (Wildman–Crippen MR) is 46.8 cm³/mol. The molecule has 1 aromatic carbocycles. The summed E-state index contributed by atoms with van der Waals surface area (Å²) in [5.74, 6) is 0. The first kappa shape index (κ1) is 12.6. The second kappa shape index (κ2) is 7.10. The minimum absolute atomic E-state index is 0. The molecule has 0 bridgehead atoms. The summed E-state index contributed by atoms with van der Waals surface area (Å²) in [6.07, 6.45) is 1.08. The summed E-state index contributed by atoms with van der Waals surface area (Å²) in [6, 6.07) is 11.2. The van der Waals surface area contributed by atoms with E-state index in [1.165, 1.54) is 5.56 Å². The topological polar surface area (TPSA) is 0 Å². The maximum Gasteiger partial charge on any atom is 2.00 e. The van der Waals surface area contributed by atoms with Crippen molar-refractivity contribution in [3.8, 4) is 0 Å². The average Bonchev–Trinajstić information content (AvgIpc) is 1.90. The number of hydrogen-bond donors (Lipinski definition) is 0. The SMILES string of the molecule is CCc1[c-]cccc1.[CH3-].[Mg+2]. The molecule has 0 aromatic heterocycles. The van der Waals surface area contributed by atoms with Gasteiger partial charge in [0.05, 0.1) is 0 Å². The minimum Gasteiger partial charge on any atom is -0.358 e. The molecule has 1 heteroatoms. The Hall–Kier alpha value is -0.0138. The molecule has 1 rings (SSSR count). The first-order valence-corrected chi connectivity index (χ1v) is 2.89. The first-order valence-electron chi connectivity index (χ1n) is 2.89. The van der Waals surface area contributed by atoms with E-state index in [0.717, 1.165) is 6.42 Å². The zero-order valence-corrected chi connectivity index (χ0v) is 8.14. The molecule has 0 unspecified atom stereocenters. The van der Waals surface area contributed by atoms with Gasteiger partial charge in [-0.25, -0.2) is 0 Å². The summed E-state index contributed by atoms with van der Waals surface area (Å²) < 4.78 is 0. The van der Waals surface area contributed by atoms with Gasteiger partial charge in [0.25, 0.3) is 0 Å². The van der Waals surface area contributed by atoms with Crippen LogP contribution in [0.1, 0.15) is 12.5 Å². The molecule has 1 aromatic rings. The minimum atomic E-state index is 0. The number of rotatable bonds is 1. The summed E-state index contributed by atoms with van der Waals surface area (Å²) in [7, 11) is 0. The van der Waals surface area contributed by atoms with Gasteiger partial charge in [-0.15, -0.1) is 0 Å². The van der Waals surface area contributed by atoms with E-state index in [2.05, 4.69) is 19.1 Å². The maximum absolute atomic E-state index is 3.12. The van der Waals surface area contributed by atoms with Crippen LogP contribution in [0.25, 0.3) is 0 Å². The third kappa shape index (κ3) is 3.91. The molecule has 0 radical (unpaired) electrons. The summed E-state index contributed by atoms with van der Waals surface area (Å²) >= 11 is 0. The van der Waals surface area contributed by atoms with E-state index in [0.29, 0.717) is 0 Å². The van der Waals surface area contributed by atoms with Gasteiger partial charge in [-0.05, 0) is 0 Å². The standard InChI is InChI=1S/C8H9.CH3.Mg/c1-2-8-6-4-3-5-7-8;;/h3-6H,2H2,1H3;1H3;/q2*-1;+2. The second-order valence-corrected chi connectivity index (χ2v) is 1.74. The van der Waals surface area contributed by atoms with Crippen LogP contribution in [-0.4, -0.2) is 23.1 Å². The summed E-state index contributed by atoms with van der Waals surface area (Å²) in [5.41, 5.74) is 1.28. The largest absolute Gasteiger partial charge is 2.00 e. The molecule has 10 heavy (non-hydrogen) atoms. The van der Waals surface area contributed by atoms with Crippen molar-refractivity contribution in [2.24, 2.45) is 0 Å². The Balaban J connectivity index is 0. The molecule has 0 aliphatic carbocycles. The van der Waals surface area contributed by atoms with Crippen molar-refractivity contribution in [2.75, 3.05) is 0 Å². The zero-order valence-electron chi connectivity index (χ0n) is 6.72. The smallest absolute Gasteiger partial charge is 0.358 e. The molecule has 0 aliphatic rings. The van der Waals surface area contributed by atoms with Crippen LogP contribution >= 0.6 is 0 Å². The fourth-order valence-electron chi connectivity index (χ4n) is 0.650. The summed E-state index contributed by atoms with van der Waals surface area (Å²) in [4.78, 5) is 0. The van der Waals surface area contributed by atoms with Crippen LogP contribution in [0, 0.1) is 13.5 Å². The van der Waals surface area contributed by atoms with Gasteiger partial charge in [0.2, 0.25) is 0 Å². The van der Waals surface area contributed by atoms with Crippen molar-refractivity contribution >= 4 is 23.1 Å². The van der Waals surface area contributed by atoms with Crippen LogP contribution in [0.15, 0.2) is 24.3 Å². The number of hydrogen-bond acceptors (Lipinski definition) is 0. The van der Waals surface area contributed by atoms with Gasteiger partial charge in [-0.3, -0.25) is 0 Å². The second-order valence-electron chi connectivity index (χ2n) is 1.74. The van der Waals surface area contributed by atoms with Crippen molar-refractivity contribution in [3.05, 3.63) is 43.3 Å². The molecule has 50 valence electrons. The molecule has 0 aliphatic heterocycles. The van der Waals surface area contributed by atoms with Crippen LogP contribution in [0.3, 0.4) is 0 Å². The Labute approximate surface area is 79.8 Å². The number of aryl methyl sites for hydroxylation is 1. The fraction of sp³-hybridized carbons (Fsp3) is 0.222. The first-order chi connectivity index (χ1) is 3.93. The predicted octanol–water partition coefficient (Wildman–Crippen LogP) is 2.12. The van der Waals surface area contributed by atoms with Gasteiger partial charge in [-0.2, -0.15) is 35.9 Å². The summed E-state index contributed by atoms with van der Waals surface area (Å²) in [5, 5.41) is 0. The van der Waals surface area contributed by atoms with E-state index in [-0.39, 0.29) is 30.5 Å². The molecule has 0 spiro atoms. The van der Waals surface area contributed by atoms with Crippen molar-refractivity contribution < 1.29 is 0 Å². The monoisotopic (exact) mass is 144 g/mol. The van der Waals surface area contributed by atoms with Crippen molar-refractivity contribution in [1.82, 2.24) is 0 Å². The molecular formula is C9H12Mg. The summed E-state index contributed by atoms with van der Waals surface area (Å²) in [6.45, 7) is 2.13. The van der Waals surface area contributed by atoms with Crippen LogP contribution in [0.5, 0.6) is 0 Å². The molecule has 0 saturated carbocycles. The zero-order chi connectivity index (χ0) is 5.82. The molecular weight excluding hydrogens is 132 g/mol. The van der Waals surface area contributed by atoms with Crippen LogP contribution in [0.4, 0.5) is 0 Å². The van der Waals surface area contributed by atoms with Gasteiger partial charge in [0, 0.05) is 0 Å². The molecule has 0 fully saturated rings. The van der Waals surface area contributed by atoms with Crippen molar-refractivity contribution in [3.63, 3.8) is 0 Å². The molecule has 0 heterocycles. The maximum atomic E-state index is 3.12. The molecule has 0 atom stereocenters. The van der Waals surface area contributed by atoms with Crippen molar-refractivity contribution in [2.45, 2.75) is 13.3 Å². The number of benzene rings is 1. The molecule has 0 N–H and O–H groups in total. The molecule has 0 saturated heterocycles. The quantitative estimate of drug-likeness (QED) is 0.418. The Morgan fingerprint density at radius 2 is 2.10 bits per heavy atom. The van der Waals surface area contributed by atoms with E-state index >= 15 is 0 Å². The van der Waals surface area contributed by atoms with Crippen molar-refractivity contribution in [1.29, 1.82) is 0 Å². The van der Waals surface area contributed by atoms with E-state index in [4.69, 9.17) is 0 Å². The van der Waals surface area contributed by atoms with Crippen LogP contribution in [-0.2, 0) is 6.42 Å². The molecule has 0 amide bonds. The van der Waals surface area contributed by atoms with Gasteiger partial charge < -0.3 is 7.43 Å². The normalized spacial score (nSPS) is 7.30. The van der Waals surface area contributed by atoms with Gasteiger partial charge >= 0.3 is 23.1 Å². The Bertz CT molecular complexity index is 146. The fourth-order valence-corrected chi connectivity index (χ4v) is 0.650. The van der Waals surface area contributed by atoms with Gasteiger partial charge in [0.1, 0.15) is 0 Å². The third-order valence-corrected chi connectivity index (χ3v) is 1.15. The van der Waals surface area contributed by atoms with E-state index in [1.54, 1.807) is 0 Å². The Morgan fingerprint density at radius 1 is 1.40 bits per heavy atom. The Kier molecular flexibility index (Phi) is 8.97. The van der Waals surface area contributed by atoms with Gasteiger partial charge in [0.15, 0.2) is 0 Å². The third-order valence-electron chi connectivity index (χ3n) is 1.15. The van der Waals surface area contributed by atoms with Crippen LogP contribution in [0.2, 0.25) is 0 Å². The molecule has 0 nitrogen and oxygen atoms in total. The van der Waals surface area contributed by atoms with E-state index in [9.17, 15) is 0 Å².